The first-order valence-corrected chi connectivity index (χ1v) is 15.7. The number of rotatable bonds is 2. The summed E-state index contributed by atoms with van der Waals surface area (Å²) in [5.41, 5.74) is 9.56. The Morgan fingerprint density at radius 2 is 0.978 bits per heavy atom. The molecule has 0 spiro atoms. The van der Waals surface area contributed by atoms with Crippen molar-refractivity contribution in [3.63, 3.8) is 0 Å². The third-order valence-electron chi connectivity index (χ3n) is 9.12. The molecular formula is C42H22N2S. The third kappa shape index (κ3) is 3.79. The maximum atomic E-state index is 9.78. The highest BCUT2D eigenvalue weighted by Gasteiger charge is 2.26. The van der Waals surface area contributed by atoms with Crippen LogP contribution in [0.3, 0.4) is 0 Å². The molecule has 0 radical (unpaired) electrons. The molecule has 0 saturated carbocycles. The van der Waals surface area contributed by atoms with E-state index in [1.807, 2.05) is 29.5 Å². The number of hydrogen-bond acceptors (Lipinski definition) is 3. The fourth-order valence-corrected chi connectivity index (χ4v) is 8.27. The molecule has 45 heavy (non-hydrogen) atoms. The van der Waals surface area contributed by atoms with Crippen LogP contribution in [0.2, 0.25) is 0 Å². The molecule has 0 bridgehead atoms. The lowest BCUT2D eigenvalue weighted by atomic mass is 9.91. The van der Waals surface area contributed by atoms with Gasteiger partial charge in [-0.25, -0.2) is 0 Å². The Morgan fingerprint density at radius 3 is 1.67 bits per heavy atom. The topological polar surface area (TPSA) is 47.6 Å². The van der Waals surface area contributed by atoms with Gasteiger partial charge in [0.25, 0.3) is 0 Å². The van der Waals surface area contributed by atoms with Gasteiger partial charge < -0.3 is 0 Å². The first kappa shape index (κ1) is 25.5. The van der Waals surface area contributed by atoms with Gasteiger partial charge in [0.05, 0.1) is 0 Å². The highest BCUT2D eigenvalue weighted by molar-refractivity contribution is 7.25. The van der Waals surface area contributed by atoms with Crippen molar-refractivity contribution in [1.82, 2.24) is 0 Å². The van der Waals surface area contributed by atoms with Gasteiger partial charge in [0.2, 0.25) is 0 Å². The highest BCUT2D eigenvalue weighted by atomic mass is 32.1. The molecule has 0 amide bonds. The summed E-state index contributed by atoms with van der Waals surface area (Å²) in [6, 6.07) is 51.9. The fourth-order valence-electron chi connectivity index (χ4n) is 7.09. The molecule has 1 heterocycles. The van der Waals surface area contributed by atoms with Crippen LogP contribution in [0.5, 0.6) is 0 Å². The smallest absolute Gasteiger partial charge is 0.138 e. The highest BCUT2D eigenvalue weighted by Crippen LogP contribution is 2.47. The van der Waals surface area contributed by atoms with E-state index in [0.717, 1.165) is 39.0 Å². The molecule has 3 heteroatoms. The largest absolute Gasteiger partial charge is 0.192 e. The lowest BCUT2D eigenvalue weighted by Gasteiger charge is -2.12. The van der Waals surface area contributed by atoms with Crippen molar-refractivity contribution >= 4 is 58.6 Å². The minimum absolute atomic E-state index is 0.146. The van der Waals surface area contributed by atoms with Gasteiger partial charge in [-0.1, -0.05) is 109 Å². The van der Waals surface area contributed by atoms with E-state index in [9.17, 15) is 10.5 Å². The molecule has 2 nitrogen and oxygen atoms in total. The molecule has 9 rings (SSSR count). The fraction of sp³-hybridized carbons (Fsp3) is 0. The van der Waals surface area contributed by atoms with Crippen LogP contribution >= 0.6 is 11.3 Å². The number of nitrogens with zero attached hydrogens (tertiary/aromatic N) is 2. The quantitative estimate of drug-likeness (QED) is 0.149. The summed E-state index contributed by atoms with van der Waals surface area (Å²) in [7, 11) is 0. The minimum Gasteiger partial charge on any atom is -0.192 e. The van der Waals surface area contributed by atoms with Crippen molar-refractivity contribution in [3.8, 4) is 45.5 Å². The van der Waals surface area contributed by atoms with Crippen LogP contribution in [0.1, 0.15) is 11.1 Å². The molecule has 0 N–H and O–H groups in total. The first-order valence-electron chi connectivity index (χ1n) is 14.9. The molecule has 206 valence electrons. The van der Waals surface area contributed by atoms with Gasteiger partial charge in [-0.15, -0.1) is 11.3 Å². The lowest BCUT2D eigenvalue weighted by molar-refractivity contribution is 1.46. The molecule has 7 aromatic carbocycles. The number of hydrogen-bond donors (Lipinski definition) is 0. The number of thiophene rings is 1. The zero-order chi connectivity index (χ0) is 30.1. The number of benzene rings is 7. The van der Waals surface area contributed by atoms with Gasteiger partial charge in [-0.05, 0) is 90.3 Å². The van der Waals surface area contributed by atoms with Crippen molar-refractivity contribution in [2.24, 2.45) is 0 Å². The summed E-state index contributed by atoms with van der Waals surface area (Å²) in [6.45, 7) is 0. The molecule has 1 aromatic heterocycles. The number of nitriles is 2. The predicted octanol–water partition coefficient (Wildman–Crippen LogP) is 11.5. The molecule has 8 aromatic rings. The standard InChI is InChI=1S/C42H22N2S/c43-23-30(24-44)42-37-12-6-5-11-33(37)34-16-13-25(20-38(34)42)26-14-17-35-36-18-15-29(22-40(36)45-39(35)21-26)41-31-9-3-1-7-27(31)19-28-8-2-4-10-32(28)41/h1-22H. The zero-order valence-corrected chi connectivity index (χ0v) is 24.8. The van der Waals surface area contributed by atoms with E-state index >= 15 is 0 Å². The lowest BCUT2D eigenvalue weighted by Crippen LogP contribution is -1.88. The molecule has 0 aliphatic heterocycles. The second kappa shape index (κ2) is 9.76. The Morgan fingerprint density at radius 1 is 0.444 bits per heavy atom. The zero-order valence-electron chi connectivity index (χ0n) is 24.0. The van der Waals surface area contributed by atoms with Crippen LogP contribution < -0.4 is 0 Å². The second-order valence-corrected chi connectivity index (χ2v) is 12.6. The molecule has 0 fully saturated rings. The van der Waals surface area contributed by atoms with Crippen molar-refractivity contribution < 1.29 is 0 Å². The molecule has 1 aliphatic carbocycles. The van der Waals surface area contributed by atoms with Crippen LogP contribution in [-0.2, 0) is 0 Å². The Hall–Kier alpha value is -6.00. The predicted molar refractivity (Wildman–Crippen MR) is 188 cm³/mol. The van der Waals surface area contributed by atoms with E-state index in [-0.39, 0.29) is 5.57 Å². The summed E-state index contributed by atoms with van der Waals surface area (Å²) < 4.78 is 2.50. The molecule has 0 saturated heterocycles. The van der Waals surface area contributed by atoms with E-state index in [1.165, 1.54) is 52.8 Å². The van der Waals surface area contributed by atoms with E-state index < -0.39 is 0 Å². The Kier molecular flexibility index (Phi) is 5.53. The Balaban J connectivity index is 1.19. The van der Waals surface area contributed by atoms with E-state index in [1.54, 1.807) is 0 Å². The summed E-state index contributed by atoms with van der Waals surface area (Å²) in [6.07, 6.45) is 0. The van der Waals surface area contributed by atoms with Gasteiger partial charge in [0.15, 0.2) is 0 Å². The van der Waals surface area contributed by atoms with Crippen molar-refractivity contribution in [3.05, 3.63) is 150 Å². The maximum Gasteiger partial charge on any atom is 0.138 e. The third-order valence-corrected chi connectivity index (χ3v) is 10.2. The maximum absolute atomic E-state index is 9.78. The SMILES string of the molecule is N#CC(C#N)=C1c2ccccc2-c2ccc(-c3ccc4c(c3)sc3cc(-c5c6ccccc6cc6ccccc56)ccc34)cc21. The Bertz CT molecular complexity index is 2610. The van der Waals surface area contributed by atoms with Gasteiger partial charge in [-0.3, -0.25) is 0 Å². The van der Waals surface area contributed by atoms with Crippen LogP contribution in [0, 0.1) is 22.7 Å². The average molecular weight is 587 g/mol. The van der Waals surface area contributed by atoms with Crippen molar-refractivity contribution in [2.75, 3.05) is 0 Å². The van der Waals surface area contributed by atoms with Gasteiger partial charge >= 0.3 is 0 Å². The second-order valence-electron chi connectivity index (χ2n) is 11.5. The van der Waals surface area contributed by atoms with E-state index in [4.69, 9.17) is 0 Å². The van der Waals surface area contributed by atoms with E-state index in [2.05, 4.69) is 127 Å². The molecule has 0 atom stereocenters. The minimum atomic E-state index is 0.146. The first-order chi connectivity index (χ1) is 22.2. The molecular weight excluding hydrogens is 565 g/mol. The average Bonchev–Trinajstić information content (AvgIpc) is 3.62. The Labute approximate surface area is 264 Å². The summed E-state index contributed by atoms with van der Waals surface area (Å²) in [5, 5.41) is 27.1. The van der Waals surface area contributed by atoms with Crippen LogP contribution in [0.4, 0.5) is 0 Å². The normalized spacial score (nSPS) is 11.9. The molecule has 1 aliphatic rings. The van der Waals surface area contributed by atoms with Gasteiger partial charge in [0, 0.05) is 25.7 Å². The monoisotopic (exact) mass is 586 g/mol. The van der Waals surface area contributed by atoms with E-state index in [0.29, 0.717) is 0 Å². The van der Waals surface area contributed by atoms with Crippen molar-refractivity contribution in [1.29, 1.82) is 10.5 Å². The van der Waals surface area contributed by atoms with Crippen LogP contribution in [0.15, 0.2) is 139 Å². The van der Waals surface area contributed by atoms with Crippen LogP contribution in [-0.4, -0.2) is 0 Å². The van der Waals surface area contributed by atoms with Crippen LogP contribution in [0.25, 0.3) is 80.7 Å². The van der Waals surface area contributed by atoms with Crippen molar-refractivity contribution in [2.45, 2.75) is 0 Å². The van der Waals surface area contributed by atoms with Gasteiger partial charge in [0.1, 0.15) is 17.7 Å². The number of fused-ring (bicyclic) bond motifs is 8. The number of allylic oxidation sites excluding steroid dienone is 1. The summed E-state index contributed by atoms with van der Waals surface area (Å²) in [5.74, 6) is 0. The van der Waals surface area contributed by atoms with Gasteiger partial charge in [-0.2, -0.15) is 10.5 Å². The molecule has 0 unspecified atom stereocenters. The summed E-state index contributed by atoms with van der Waals surface area (Å²) >= 11 is 1.82. The summed E-state index contributed by atoms with van der Waals surface area (Å²) in [4.78, 5) is 0.